The zero-order valence-corrected chi connectivity index (χ0v) is 11.5. The van der Waals surface area contributed by atoms with E-state index in [2.05, 4.69) is 15.5 Å². The molecule has 0 amide bonds. The molecule has 0 atom stereocenters. The van der Waals surface area contributed by atoms with Gasteiger partial charge in [0.1, 0.15) is 12.4 Å². The molecule has 0 aliphatic rings. The average molecular weight is 299 g/mol. The second-order valence-corrected chi connectivity index (χ2v) is 4.54. The monoisotopic (exact) mass is 299 g/mol. The molecule has 1 aromatic carbocycles. The number of hydrogen-bond acceptors (Lipinski definition) is 3. The van der Waals surface area contributed by atoms with Crippen LogP contribution in [0.5, 0.6) is 5.75 Å². The van der Waals surface area contributed by atoms with Crippen molar-refractivity contribution in [1.82, 2.24) is 15.5 Å². The van der Waals surface area contributed by atoms with E-state index in [-0.39, 0.29) is 12.4 Å². The standard InChI is InChI=1S/C14H16F3N3O/c1-10-11(9-19-20-10)8-18-6-7-21-13-5-3-2-4-12(13)14(15,16)17/h2-5,9,18H,6-8H2,1H3,(H,19,20). The summed E-state index contributed by atoms with van der Waals surface area (Å²) >= 11 is 0. The van der Waals surface area contributed by atoms with Crippen LogP contribution < -0.4 is 10.1 Å². The van der Waals surface area contributed by atoms with Gasteiger partial charge < -0.3 is 10.1 Å². The maximum absolute atomic E-state index is 12.7. The Balaban J connectivity index is 1.80. The van der Waals surface area contributed by atoms with Crippen molar-refractivity contribution in [3.63, 3.8) is 0 Å². The van der Waals surface area contributed by atoms with E-state index in [1.165, 1.54) is 18.2 Å². The first kappa shape index (κ1) is 15.4. The maximum Gasteiger partial charge on any atom is 0.419 e. The second-order valence-electron chi connectivity index (χ2n) is 4.54. The van der Waals surface area contributed by atoms with Gasteiger partial charge >= 0.3 is 6.18 Å². The van der Waals surface area contributed by atoms with E-state index in [4.69, 9.17) is 4.74 Å². The molecule has 0 saturated carbocycles. The smallest absolute Gasteiger partial charge is 0.419 e. The van der Waals surface area contributed by atoms with Crippen LogP contribution in [0, 0.1) is 6.92 Å². The summed E-state index contributed by atoms with van der Waals surface area (Å²) < 4.78 is 43.5. The Hall–Kier alpha value is -2.02. The van der Waals surface area contributed by atoms with Crippen molar-refractivity contribution in [2.45, 2.75) is 19.6 Å². The molecule has 2 aromatic rings. The first-order valence-electron chi connectivity index (χ1n) is 6.47. The zero-order valence-electron chi connectivity index (χ0n) is 11.5. The van der Waals surface area contributed by atoms with E-state index in [1.807, 2.05) is 6.92 Å². The van der Waals surface area contributed by atoms with E-state index < -0.39 is 11.7 Å². The topological polar surface area (TPSA) is 49.9 Å². The lowest BCUT2D eigenvalue weighted by molar-refractivity contribution is -0.138. The number of aromatic amines is 1. The van der Waals surface area contributed by atoms with Gasteiger partial charge in [-0.2, -0.15) is 18.3 Å². The lowest BCUT2D eigenvalue weighted by Crippen LogP contribution is -2.21. The Morgan fingerprint density at radius 1 is 1.29 bits per heavy atom. The Morgan fingerprint density at radius 3 is 2.71 bits per heavy atom. The molecule has 7 heteroatoms. The molecule has 0 fully saturated rings. The number of aryl methyl sites for hydroxylation is 1. The van der Waals surface area contributed by atoms with Crippen molar-refractivity contribution in [2.75, 3.05) is 13.2 Å². The third kappa shape index (κ3) is 4.22. The highest BCUT2D eigenvalue weighted by molar-refractivity contribution is 5.35. The largest absolute Gasteiger partial charge is 0.492 e. The van der Waals surface area contributed by atoms with Crippen LogP contribution in [0.4, 0.5) is 13.2 Å². The normalized spacial score (nSPS) is 11.6. The summed E-state index contributed by atoms with van der Waals surface area (Å²) in [5.41, 5.74) is 1.23. The number of aromatic nitrogens is 2. The number of halogens is 3. The van der Waals surface area contributed by atoms with E-state index in [9.17, 15) is 13.2 Å². The molecular weight excluding hydrogens is 283 g/mol. The molecule has 0 saturated heterocycles. The average Bonchev–Trinajstić information content (AvgIpc) is 2.83. The van der Waals surface area contributed by atoms with E-state index in [0.29, 0.717) is 13.1 Å². The fourth-order valence-electron chi connectivity index (χ4n) is 1.84. The lowest BCUT2D eigenvalue weighted by atomic mass is 10.2. The fraction of sp³-hybridized carbons (Fsp3) is 0.357. The van der Waals surface area contributed by atoms with Crippen LogP contribution in [0.25, 0.3) is 0 Å². The highest BCUT2D eigenvalue weighted by Gasteiger charge is 2.33. The Bertz CT molecular complexity index is 581. The number of H-pyrrole nitrogens is 1. The third-order valence-corrected chi connectivity index (χ3v) is 2.98. The minimum absolute atomic E-state index is 0.147. The van der Waals surface area contributed by atoms with Crippen LogP contribution in [0.2, 0.25) is 0 Å². The highest BCUT2D eigenvalue weighted by atomic mass is 19.4. The molecule has 1 aromatic heterocycles. The second kappa shape index (κ2) is 6.62. The minimum atomic E-state index is -4.40. The maximum atomic E-state index is 12.7. The number of hydrogen-bond donors (Lipinski definition) is 2. The predicted molar refractivity (Wildman–Crippen MR) is 72.0 cm³/mol. The van der Waals surface area contributed by atoms with Crippen molar-refractivity contribution in [3.05, 3.63) is 47.3 Å². The number of para-hydroxylation sites is 1. The van der Waals surface area contributed by atoms with Crippen LogP contribution in [0.1, 0.15) is 16.8 Å². The molecule has 4 nitrogen and oxygen atoms in total. The molecule has 1 heterocycles. The van der Waals surface area contributed by atoms with E-state index in [1.54, 1.807) is 6.20 Å². The Labute approximate surface area is 120 Å². The molecule has 0 aliphatic heterocycles. The number of rotatable bonds is 6. The highest BCUT2D eigenvalue weighted by Crippen LogP contribution is 2.35. The molecule has 0 radical (unpaired) electrons. The molecule has 2 rings (SSSR count). The van der Waals surface area contributed by atoms with Crippen LogP contribution in [0.3, 0.4) is 0 Å². The Morgan fingerprint density at radius 2 is 2.05 bits per heavy atom. The minimum Gasteiger partial charge on any atom is -0.492 e. The van der Waals surface area contributed by atoms with Gasteiger partial charge in [0.25, 0.3) is 0 Å². The van der Waals surface area contributed by atoms with Crippen LogP contribution in [0.15, 0.2) is 30.5 Å². The van der Waals surface area contributed by atoms with Crippen LogP contribution in [-0.4, -0.2) is 23.3 Å². The van der Waals surface area contributed by atoms with Crippen molar-refractivity contribution < 1.29 is 17.9 Å². The first-order chi connectivity index (χ1) is 9.98. The van der Waals surface area contributed by atoms with Gasteiger partial charge in [0.15, 0.2) is 0 Å². The van der Waals surface area contributed by atoms with Gasteiger partial charge in [0, 0.05) is 24.3 Å². The van der Waals surface area contributed by atoms with Gasteiger partial charge in [0.2, 0.25) is 0 Å². The molecule has 0 aliphatic carbocycles. The molecule has 0 spiro atoms. The summed E-state index contributed by atoms with van der Waals surface area (Å²) in [6.07, 6.45) is -2.69. The third-order valence-electron chi connectivity index (χ3n) is 2.98. The number of ether oxygens (including phenoxy) is 1. The molecular formula is C14H16F3N3O. The molecule has 0 bridgehead atoms. The molecule has 0 unspecified atom stereocenters. The van der Waals surface area contributed by atoms with Crippen molar-refractivity contribution >= 4 is 0 Å². The first-order valence-corrected chi connectivity index (χ1v) is 6.47. The summed E-state index contributed by atoms with van der Waals surface area (Å²) in [6.45, 7) is 3.09. The van der Waals surface area contributed by atoms with Crippen molar-refractivity contribution in [1.29, 1.82) is 0 Å². The SMILES string of the molecule is Cc1[nH]ncc1CNCCOc1ccccc1C(F)(F)F. The molecule has 114 valence electrons. The van der Waals surface area contributed by atoms with Crippen LogP contribution in [-0.2, 0) is 12.7 Å². The van der Waals surface area contributed by atoms with Gasteiger partial charge in [-0.25, -0.2) is 0 Å². The predicted octanol–water partition coefficient (Wildman–Crippen LogP) is 2.91. The number of nitrogens with zero attached hydrogens (tertiary/aromatic N) is 1. The molecule has 2 N–H and O–H groups in total. The summed E-state index contributed by atoms with van der Waals surface area (Å²) in [6, 6.07) is 5.20. The van der Waals surface area contributed by atoms with Crippen molar-refractivity contribution in [3.8, 4) is 5.75 Å². The van der Waals surface area contributed by atoms with E-state index >= 15 is 0 Å². The van der Waals surface area contributed by atoms with Gasteiger partial charge in [0.05, 0.1) is 11.8 Å². The zero-order chi connectivity index (χ0) is 15.3. The van der Waals surface area contributed by atoms with Gasteiger partial charge in [-0.15, -0.1) is 0 Å². The number of benzene rings is 1. The fourth-order valence-corrected chi connectivity index (χ4v) is 1.84. The lowest BCUT2D eigenvalue weighted by Gasteiger charge is -2.13. The van der Waals surface area contributed by atoms with Crippen molar-refractivity contribution in [2.24, 2.45) is 0 Å². The van der Waals surface area contributed by atoms with Gasteiger partial charge in [-0.1, -0.05) is 12.1 Å². The number of alkyl halides is 3. The van der Waals surface area contributed by atoms with Crippen LogP contribution >= 0.6 is 0 Å². The van der Waals surface area contributed by atoms with Gasteiger partial charge in [-0.05, 0) is 19.1 Å². The number of nitrogens with one attached hydrogen (secondary N) is 2. The summed E-state index contributed by atoms with van der Waals surface area (Å²) in [7, 11) is 0. The Kier molecular flexibility index (Phi) is 4.85. The summed E-state index contributed by atoms with van der Waals surface area (Å²) in [5.74, 6) is -0.147. The molecule has 21 heavy (non-hydrogen) atoms. The summed E-state index contributed by atoms with van der Waals surface area (Å²) in [4.78, 5) is 0. The summed E-state index contributed by atoms with van der Waals surface area (Å²) in [5, 5.41) is 9.79. The van der Waals surface area contributed by atoms with Gasteiger partial charge in [-0.3, -0.25) is 5.10 Å². The quantitative estimate of drug-likeness (QED) is 0.806. The van der Waals surface area contributed by atoms with E-state index in [0.717, 1.165) is 17.3 Å².